The van der Waals surface area contributed by atoms with E-state index >= 15 is 0 Å². The van der Waals surface area contributed by atoms with Crippen molar-refractivity contribution in [3.63, 3.8) is 0 Å². The number of carbonyl (C=O) groups is 2. The third kappa shape index (κ3) is 6.58. The summed E-state index contributed by atoms with van der Waals surface area (Å²) in [6, 6.07) is 17.9. The Kier molecular flexibility index (Phi) is 7.57. The highest BCUT2D eigenvalue weighted by molar-refractivity contribution is 7.92. The third-order valence-corrected chi connectivity index (χ3v) is 5.99. The second-order valence-corrected chi connectivity index (χ2v) is 8.80. The van der Waals surface area contributed by atoms with E-state index in [4.69, 9.17) is 0 Å². The maximum atomic E-state index is 13.0. The van der Waals surface area contributed by atoms with Crippen LogP contribution in [0.5, 0.6) is 0 Å². The van der Waals surface area contributed by atoms with E-state index in [-0.39, 0.29) is 24.3 Å². The fourth-order valence-electron chi connectivity index (χ4n) is 2.93. The van der Waals surface area contributed by atoms with E-state index in [1.807, 2.05) is 30.3 Å². The second kappa shape index (κ2) is 10.4. The number of hydrogen-bond donors (Lipinski definition) is 3. The first kappa shape index (κ1) is 24.8. The van der Waals surface area contributed by atoms with E-state index in [0.717, 1.165) is 23.8 Å². The fraction of sp³-hybridized carbons (Fsp3) is 0.130. The van der Waals surface area contributed by atoms with Gasteiger partial charge in [0.15, 0.2) is 0 Å². The molecule has 3 aromatic rings. The summed E-state index contributed by atoms with van der Waals surface area (Å²) >= 11 is 0. The van der Waals surface area contributed by atoms with Crippen molar-refractivity contribution >= 4 is 27.5 Å². The predicted octanol–water partition coefficient (Wildman–Crippen LogP) is 3.55. The van der Waals surface area contributed by atoms with Gasteiger partial charge in [-0.2, -0.15) is 13.2 Å². The minimum absolute atomic E-state index is 0.103. The largest absolute Gasteiger partial charge is 0.416 e. The average molecular weight is 491 g/mol. The molecule has 0 saturated carbocycles. The van der Waals surface area contributed by atoms with Crippen molar-refractivity contribution in [3.8, 4) is 0 Å². The van der Waals surface area contributed by atoms with Crippen LogP contribution in [-0.4, -0.2) is 26.8 Å². The molecule has 2 amide bonds. The molecule has 0 saturated heterocycles. The predicted molar refractivity (Wildman–Crippen MR) is 119 cm³/mol. The number of rotatable bonds is 8. The van der Waals surface area contributed by atoms with Crippen molar-refractivity contribution in [2.45, 2.75) is 17.6 Å². The fourth-order valence-corrected chi connectivity index (χ4v) is 4.05. The lowest BCUT2D eigenvalue weighted by molar-refractivity contribution is -0.137. The lowest BCUT2D eigenvalue weighted by Crippen LogP contribution is -2.36. The van der Waals surface area contributed by atoms with E-state index < -0.39 is 38.5 Å². The molecule has 0 spiro atoms. The van der Waals surface area contributed by atoms with Gasteiger partial charge in [0.1, 0.15) is 0 Å². The van der Waals surface area contributed by atoms with Gasteiger partial charge >= 0.3 is 6.18 Å². The average Bonchev–Trinajstić information content (AvgIpc) is 2.81. The highest BCUT2D eigenvalue weighted by atomic mass is 32.2. The van der Waals surface area contributed by atoms with Crippen LogP contribution in [0.1, 0.15) is 21.5 Å². The number of benzene rings is 3. The van der Waals surface area contributed by atoms with E-state index in [0.29, 0.717) is 6.07 Å². The standard InChI is InChI=1S/C23H20F3N3O4S/c24-23(25,26)17-9-6-10-18(13-17)34(32,33)29-20-12-5-4-11-19(20)22(31)28-15-21(30)27-14-16-7-2-1-3-8-16/h1-13,29H,14-15H2,(H,27,30)(H,28,31). The summed E-state index contributed by atoms with van der Waals surface area (Å²) in [6.07, 6.45) is -4.72. The minimum atomic E-state index is -4.72. The van der Waals surface area contributed by atoms with E-state index in [2.05, 4.69) is 15.4 Å². The van der Waals surface area contributed by atoms with Gasteiger partial charge in [-0.05, 0) is 35.9 Å². The lowest BCUT2D eigenvalue weighted by Gasteiger charge is -2.14. The molecule has 3 rings (SSSR count). The number of carbonyl (C=O) groups excluding carboxylic acids is 2. The summed E-state index contributed by atoms with van der Waals surface area (Å²) in [5.74, 6) is -1.20. The number of halogens is 3. The molecule has 0 aromatic heterocycles. The Labute approximate surface area is 194 Å². The van der Waals surface area contributed by atoms with Gasteiger partial charge in [0.25, 0.3) is 15.9 Å². The van der Waals surface area contributed by atoms with Crippen molar-refractivity contribution in [1.29, 1.82) is 0 Å². The van der Waals surface area contributed by atoms with Gasteiger partial charge in [0, 0.05) is 6.54 Å². The van der Waals surface area contributed by atoms with E-state index in [1.165, 1.54) is 24.3 Å². The molecule has 11 heteroatoms. The highest BCUT2D eigenvalue weighted by Crippen LogP contribution is 2.31. The SMILES string of the molecule is O=C(CNC(=O)c1ccccc1NS(=O)(=O)c1cccc(C(F)(F)F)c1)NCc1ccccc1. The summed E-state index contributed by atoms with van der Waals surface area (Å²) in [5.41, 5.74) is -0.504. The summed E-state index contributed by atoms with van der Waals surface area (Å²) in [6.45, 7) is -0.0939. The van der Waals surface area contributed by atoms with Crippen LogP contribution >= 0.6 is 0 Å². The quantitative estimate of drug-likeness (QED) is 0.448. The summed E-state index contributed by atoms with van der Waals surface area (Å²) in [7, 11) is -4.43. The van der Waals surface area contributed by atoms with Gasteiger partial charge in [-0.25, -0.2) is 8.42 Å². The zero-order valence-electron chi connectivity index (χ0n) is 17.6. The van der Waals surface area contributed by atoms with Crippen molar-refractivity contribution in [1.82, 2.24) is 10.6 Å². The zero-order valence-corrected chi connectivity index (χ0v) is 18.4. The number of alkyl halides is 3. The highest BCUT2D eigenvalue weighted by Gasteiger charge is 2.31. The van der Waals surface area contributed by atoms with E-state index in [9.17, 15) is 31.2 Å². The van der Waals surface area contributed by atoms with Crippen LogP contribution in [-0.2, 0) is 27.5 Å². The molecule has 178 valence electrons. The van der Waals surface area contributed by atoms with Gasteiger partial charge in [-0.1, -0.05) is 48.5 Å². The second-order valence-electron chi connectivity index (χ2n) is 7.12. The molecular formula is C23H20F3N3O4S. The Morgan fingerprint density at radius 1 is 0.824 bits per heavy atom. The summed E-state index contributed by atoms with van der Waals surface area (Å²) < 4.78 is 66.3. The Morgan fingerprint density at radius 3 is 2.21 bits per heavy atom. The maximum Gasteiger partial charge on any atom is 0.416 e. The molecule has 0 aliphatic carbocycles. The number of anilines is 1. The summed E-state index contributed by atoms with van der Waals surface area (Å²) in [4.78, 5) is 24.0. The monoisotopic (exact) mass is 491 g/mol. The molecule has 0 aliphatic heterocycles. The molecule has 0 fully saturated rings. The molecule has 0 bridgehead atoms. The maximum absolute atomic E-state index is 13.0. The molecule has 0 heterocycles. The molecular weight excluding hydrogens is 471 g/mol. The minimum Gasteiger partial charge on any atom is -0.350 e. The van der Waals surface area contributed by atoms with Crippen LogP contribution in [0.2, 0.25) is 0 Å². The molecule has 0 unspecified atom stereocenters. The molecule has 3 aromatic carbocycles. The van der Waals surface area contributed by atoms with Crippen LogP contribution in [0.3, 0.4) is 0 Å². The third-order valence-electron chi connectivity index (χ3n) is 4.63. The first-order valence-corrected chi connectivity index (χ1v) is 11.4. The first-order chi connectivity index (χ1) is 16.1. The molecule has 0 radical (unpaired) electrons. The van der Waals surface area contributed by atoms with Crippen LogP contribution in [0.4, 0.5) is 18.9 Å². The van der Waals surface area contributed by atoms with Crippen LogP contribution in [0.15, 0.2) is 83.8 Å². The Balaban J connectivity index is 1.68. The van der Waals surface area contributed by atoms with Crippen molar-refractivity contribution in [2.75, 3.05) is 11.3 Å². The Bertz CT molecular complexity index is 1280. The van der Waals surface area contributed by atoms with Gasteiger partial charge in [-0.3, -0.25) is 14.3 Å². The number of nitrogens with one attached hydrogen (secondary N) is 3. The topological polar surface area (TPSA) is 104 Å². The lowest BCUT2D eigenvalue weighted by atomic mass is 10.1. The van der Waals surface area contributed by atoms with Crippen LogP contribution < -0.4 is 15.4 Å². The van der Waals surface area contributed by atoms with Crippen molar-refractivity contribution in [2.24, 2.45) is 0 Å². The van der Waals surface area contributed by atoms with Crippen molar-refractivity contribution in [3.05, 3.63) is 95.6 Å². The molecule has 3 N–H and O–H groups in total. The van der Waals surface area contributed by atoms with Gasteiger partial charge < -0.3 is 10.6 Å². The normalized spacial score (nSPS) is 11.5. The molecule has 0 atom stereocenters. The number of hydrogen-bond acceptors (Lipinski definition) is 4. The van der Waals surface area contributed by atoms with Crippen molar-refractivity contribution < 1.29 is 31.2 Å². The smallest absolute Gasteiger partial charge is 0.350 e. The van der Waals surface area contributed by atoms with Gasteiger partial charge in [-0.15, -0.1) is 0 Å². The Morgan fingerprint density at radius 2 is 1.50 bits per heavy atom. The Hall–Kier alpha value is -3.86. The van der Waals surface area contributed by atoms with E-state index in [1.54, 1.807) is 0 Å². The van der Waals surface area contributed by atoms with Crippen LogP contribution in [0, 0.1) is 0 Å². The number of amides is 2. The van der Waals surface area contributed by atoms with Gasteiger partial charge in [0.2, 0.25) is 5.91 Å². The number of para-hydroxylation sites is 1. The van der Waals surface area contributed by atoms with Gasteiger partial charge in [0.05, 0.1) is 28.3 Å². The zero-order chi connectivity index (χ0) is 24.8. The van der Waals surface area contributed by atoms with Crippen LogP contribution in [0.25, 0.3) is 0 Å². The molecule has 34 heavy (non-hydrogen) atoms. The molecule has 7 nitrogen and oxygen atoms in total. The summed E-state index contributed by atoms with van der Waals surface area (Å²) in [5, 5.41) is 5.04. The molecule has 0 aliphatic rings. The number of sulfonamides is 1. The first-order valence-electron chi connectivity index (χ1n) is 9.94.